The van der Waals surface area contributed by atoms with Crippen molar-refractivity contribution < 1.29 is 169 Å². The van der Waals surface area contributed by atoms with Crippen molar-refractivity contribution in [3.8, 4) is 11.5 Å². The van der Waals surface area contributed by atoms with Crippen molar-refractivity contribution in [1.29, 1.82) is 0 Å². The van der Waals surface area contributed by atoms with E-state index in [4.69, 9.17) is 56.8 Å². The number of phenolic OH excluding ortho intramolecular Hbond substituents is 2. The fourth-order valence-corrected chi connectivity index (χ4v) is 20.4. The lowest BCUT2D eigenvalue weighted by Gasteiger charge is -2.71. The highest BCUT2D eigenvalue weighted by Crippen LogP contribution is 2.76. The fraction of sp³-hybridized carbons (Fsp3) is 0.838. The first-order chi connectivity index (χ1) is 50.7. The second kappa shape index (κ2) is 31.7. The van der Waals surface area contributed by atoms with Crippen LogP contribution in [-0.2, 0) is 66.4 Å². The zero-order chi connectivity index (χ0) is 78.6. The summed E-state index contributed by atoms with van der Waals surface area (Å²) in [6.45, 7) is 11.1. The molecule has 20 N–H and O–H groups in total. The molecule has 0 aromatic heterocycles. The second-order valence-electron chi connectivity index (χ2n) is 34.1. The molecule has 1 aromatic rings. The van der Waals surface area contributed by atoms with Crippen molar-refractivity contribution in [2.75, 3.05) is 33.0 Å². The lowest BCUT2D eigenvalue weighted by Crippen LogP contribution is -2.68. The van der Waals surface area contributed by atoms with Crippen molar-refractivity contribution in [3.63, 3.8) is 0 Å². The average molecular weight is 1550 g/mol. The lowest BCUT2D eigenvalue weighted by atomic mass is 9.33. The summed E-state index contributed by atoms with van der Waals surface area (Å²) in [5.41, 5.74) is -2.75. The van der Waals surface area contributed by atoms with Crippen molar-refractivity contribution in [2.45, 2.75) is 303 Å². The van der Waals surface area contributed by atoms with Crippen molar-refractivity contribution >= 4 is 18.0 Å². The van der Waals surface area contributed by atoms with Gasteiger partial charge in [-0.2, -0.15) is 0 Å². The summed E-state index contributed by atoms with van der Waals surface area (Å²) in [4.78, 5) is 28.5. The lowest BCUT2D eigenvalue weighted by molar-refractivity contribution is -0.391. The zero-order valence-electron chi connectivity index (χ0n) is 61.5. The van der Waals surface area contributed by atoms with E-state index in [1.807, 2.05) is 6.92 Å². The van der Waals surface area contributed by atoms with E-state index in [2.05, 4.69) is 40.7 Å². The molecule has 612 valence electrons. The summed E-state index contributed by atoms with van der Waals surface area (Å²) in [6, 6.07) is 3.82. The summed E-state index contributed by atoms with van der Waals surface area (Å²) >= 11 is 0. The van der Waals surface area contributed by atoms with Gasteiger partial charge < -0.3 is 159 Å². The average Bonchev–Trinajstić information content (AvgIpc) is 0.673. The van der Waals surface area contributed by atoms with Gasteiger partial charge in [-0.3, -0.25) is 4.79 Å². The van der Waals surface area contributed by atoms with Gasteiger partial charge in [-0.05, 0) is 134 Å². The van der Waals surface area contributed by atoms with Gasteiger partial charge >= 0.3 is 11.9 Å². The number of aromatic hydroxyl groups is 2. The number of ether oxygens (including phenoxy) is 12. The van der Waals surface area contributed by atoms with Crippen LogP contribution in [0.4, 0.5) is 0 Å². The van der Waals surface area contributed by atoms with E-state index >= 15 is 4.79 Å². The first kappa shape index (κ1) is 83.5. The molecule has 0 amide bonds. The third-order valence-corrected chi connectivity index (χ3v) is 27.1. The van der Waals surface area contributed by atoms with Gasteiger partial charge in [-0.15, -0.1) is 0 Å². The van der Waals surface area contributed by atoms with Gasteiger partial charge in [0.15, 0.2) is 42.4 Å². The Morgan fingerprint density at radius 3 is 1.81 bits per heavy atom. The largest absolute Gasteiger partial charge is 0.504 e. The van der Waals surface area contributed by atoms with Crippen LogP contribution in [0.1, 0.15) is 131 Å². The minimum atomic E-state index is -2.30. The first-order valence-electron chi connectivity index (χ1n) is 37.6. The monoisotopic (exact) mass is 1540 g/mol. The van der Waals surface area contributed by atoms with Gasteiger partial charge in [-0.1, -0.05) is 59.3 Å². The number of allylic oxidation sites excluding steroid dienone is 2. The summed E-state index contributed by atoms with van der Waals surface area (Å²) in [6.07, 6.45) is -39.8. The number of benzene rings is 1. The van der Waals surface area contributed by atoms with Crippen LogP contribution in [0.25, 0.3) is 6.08 Å². The third kappa shape index (κ3) is 15.1. The molecular formula is C74H112O34. The van der Waals surface area contributed by atoms with Gasteiger partial charge in [0.2, 0.25) is 6.29 Å². The topological polar surface area (TPSA) is 550 Å². The predicted molar refractivity (Wildman–Crippen MR) is 363 cm³/mol. The van der Waals surface area contributed by atoms with Crippen molar-refractivity contribution in [2.24, 2.45) is 50.2 Å². The zero-order valence-corrected chi connectivity index (χ0v) is 61.5. The number of hydrogen-bond donors (Lipinski definition) is 20. The molecule has 6 aliphatic carbocycles. The normalized spacial score (nSPS) is 50.3. The molecule has 108 heavy (non-hydrogen) atoms. The molecule has 0 radical (unpaired) electrons. The standard InChI is InChI=1S/C74H112O34/c1-31-47(83)60(106-63-57(93)54(90)59(42(28-77)103-63)105-62-55(91)52(88)50(86)40(26-75)101-62)58(94)65(99-31)107-61-49(85)38(81)29-97-66(61)104-45-15-16-69(4)43(70(45,5)30-98-74(96)24-37(80)48(84)39(25-74)100-46(82)13-9-32-8-11-35(78)36(79)22-32)14-17-72(7)44(69)12-10-33-34-23-68(2,3)18-20-73(34,21-19-71(33,72)6)67(95)108-64-56(92)53(89)51(87)41(27-76)102-64/h8-11,13,22,31,34,37-45,47-66,75-81,83-94,96H,12,14-21,23-30H2,1-7H3/b13-9+/t31-,34?,37-,38+,39-,40-,41-,42-,43?,44?,45+,47-,48-,49+,50-,51-,52+,53+,54-,55-,56-,57-,58+,59?,60+,61-,62?,63?,64?,65?,66?,69+,70-,71-,72-,73+,74-/m1/s1. The Hall–Kier alpha value is -3.88. The number of phenols is 2. The highest BCUT2D eigenvalue weighted by molar-refractivity contribution is 5.87. The molecule has 9 unspecified atom stereocenters. The van der Waals surface area contributed by atoms with E-state index < -0.39 is 267 Å². The molecule has 34 nitrogen and oxygen atoms in total. The summed E-state index contributed by atoms with van der Waals surface area (Å²) < 4.78 is 72.9. The Morgan fingerprint density at radius 2 is 1.15 bits per heavy atom. The van der Waals surface area contributed by atoms with Gasteiger partial charge in [0, 0.05) is 24.3 Å². The minimum Gasteiger partial charge on any atom is -0.504 e. The SMILES string of the molecule is C[C@H]1OC(O[C@H]2C(O[C@H]3CC[C@@]4(C)C(CC[C@]5(C)C4CC=C4C6CC(C)(C)CC[C@]6(C(=O)OC6O[C@H](CO)[C@@H](O)[C@H](O)[C@H]6O)CC[C@]45C)[C@@]3(C)CO[C@]3(O)C[C@@H](O)[C@@H](O)[C@H](OC(=O)/C=C/c4ccc(O)c(O)c4)C3)OC[C@H](O)[C@@H]2O)[C@@H](O)[C@@H](OC2O[C@H](CO)C(OC3O[C@H](CO)[C@@H](O)[C@H](O)[C@H]3O)[C@H](O)[C@H]2O)[C@@H]1O. The highest BCUT2D eigenvalue weighted by Gasteiger charge is 2.71. The molecule has 10 fully saturated rings. The maximum atomic E-state index is 15.1. The van der Waals surface area contributed by atoms with Crippen LogP contribution in [-0.4, -0.2) is 325 Å². The quantitative estimate of drug-likeness (QED) is 0.0161. The predicted octanol–water partition coefficient (Wildman–Crippen LogP) is -3.31. The maximum Gasteiger partial charge on any atom is 0.331 e. The number of carbonyl (C=O) groups excluding carboxylic acids is 2. The second-order valence-corrected chi connectivity index (χ2v) is 34.1. The van der Waals surface area contributed by atoms with E-state index in [1.54, 1.807) is 0 Å². The van der Waals surface area contributed by atoms with Crippen LogP contribution in [0.3, 0.4) is 0 Å². The number of esters is 2. The fourth-order valence-electron chi connectivity index (χ4n) is 20.4. The molecule has 11 aliphatic rings. The molecular weight excluding hydrogens is 1430 g/mol. The Kier molecular flexibility index (Phi) is 24.5. The molecule has 34 heteroatoms. The van der Waals surface area contributed by atoms with Gasteiger partial charge in [-0.25, -0.2) is 4.79 Å². The molecule has 5 aliphatic heterocycles. The molecule has 5 saturated carbocycles. The number of rotatable bonds is 19. The molecule has 0 bridgehead atoms. The van der Waals surface area contributed by atoms with Crippen LogP contribution in [0.15, 0.2) is 35.9 Å². The van der Waals surface area contributed by atoms with E-state index in [1.165, 1.54) is 31.2 Å². The first-order valence-corrected chi connectivity index (χ1v) is 37.6. The van der Waals surface area contributed by atoms with Crippen LogP contribution < -0.4 is 0 Å². The van der Waals surface area contributed by atoms with E-state index in [9.17, 15) is 107 Å². The molecule has 37 atom stereocenters. The van der Waals surface area contributed by atoms with Crippen molar-refractivity contribution in [3.05, 3.63) is 41.5 Å². The summed E-state index contributed by atoms with van der Waals surface area (Å²) in [7, 11) is 0. The molecule has 5 saturated heterocycles. The van der Waals surface area contributed by atoms with Gasteiger partial charge in [0.25, 0.3) is 0 Å². The van der Waals surface area contributed by atoms with E-state index in [0.29, 0.717) is 63.4 Å². The smallest absolute Gasteiger partial charge is 0.331 e. The Labute approximate surface area is 623 Å². The molecule has 1 aromatic carbocycles. The molecule has 5 heterocycles. The van der Waals surface area contributed by atoms with Crippen LogP contribution >= 0.6 is 0 Å². The Morgan fingerprint density at radius 1 is 0.546 bits per heavy atom. The van der Waals surface area contributed by atoms with Gasteiger partial charge in [0.1, 0.15) is 122 Å². The number of aliphatic hydroxyl groups is 18. The van der Waals surface area contributed by atoms with Crippen molar-refractivity contribution in [1.82, 2.24) is 0 Å². The van der Waals surface area contributed by atoms with E-state index in [-0.39, 0.29) is 36.2 Å². The summed E-state index contributed by atoms with van der Waals surface area (Å²) in [5.74, 6) is -5.58. The maximum absolute atomic E-state index is 15.1. The minimum absolute atomic E-state index is 0.0966. The highest BCUT2D eigenvalue weighted by atomic mass is 16.8. The number of aliphatic hydroxyl groups excluding tert-OH is 17. The number of hydrogen-bond acceptors (Lipinski definition) is 34. The van der Waals surface area contributed by atoms with Crippen LogP contribution in [0, 0.1) is 50.2 Å². The Bertz CT molecular complexity index is 3360. The van der Waals surface area contributed by atoms with Crippen LogP contribution in [0.2, 0.25) is 0 Å². The Balaban J connectivity index is 0.820. The molecule has 0 spiro atoms. The molecule has 12 rings (SSSR count). The number of carbonyl (C=O) groups is 2. The summed E-state index contributed by atoms with van der Waals surface area (Å²) in [5, 5.41) is 219. The van der Waals surface area contributed by atoms with Crippen LogP contribution in [0.5, 0.6) is 11.5 Å². The third-order valence-electron chi connectivity index (χ3n) is 27.1. The number of fused-ring (bicyclic) bond motifs is 7. The van der Waals surface area contributed by atoms with Gasteiger partial charge in [0.05, 0.1) is 56.8 Å². The van der Waals surface area contributed by atoms with E-state index in [0.717, 1.165) is 11.6 Å².